The average Bonchev–Trinajstić information content (AvgIpc) is 3.12. The summed E-state index contributed by atoms with van der Waals surface area (Å²) in [6.07, 6.45) is 5.09. The fourth-order valence-electron chi connectivity index (χ4n) is 3.24. The predicted octanol–water partition coefficient (Wildman–Crippen LogP) is 4.22. The van der Waals surface area contributed by atoms with Gasteiger partial charge in [0.15, 0.2) is 0 Å². The molecule has 0 spiro atoms. The van der Waals surface area contributed by atoms with Gasteiger partial charge in [-0.1, -0.05) is 35.4 Å². The topological polar surface area (TPSA) is 57.4 Å². The Labute approximate surface area is 131 Å². The van der Waals surface area contributed by atoms with Gasteiger partial charge < -0.3 is 10.2 Å². The molecule has 0 amide bonds. The molecule has 0 radical (unpaired) electrons. The molecule has 3 N–H and O–H groups in total. The molecule has 6 heteroatoms. The third-order valence-corrected chi connectivity index (χ3v) is 4.92. The minimum atomic E-state index is 0.0467. The lowest BCUT2D eigenvalue weighted by molar-refractivity contribution is 0.386. The maximum Gasteiger partial charge on any atom is 0.217 e. The first-order valence-electron chi connectivity index (χ1n) is 6.63. The maximum absolute atomic E-state index is 10.4. The Balaban J connectivity index is 1.76. The molecular weight excluding hydrogens is 311 g/mol. The van der Waals surface area contributed by atoms with Crippen molar-refractivity contribution in [2.24, 2.45) is 0 Å². The molecule has 21 heavy (non-hydrogen) atoms. The lowest BCUT2D eigenvalue weighted by atomic mass is 10.0. The van der Waals surface area contributed by atoms with E-state index in [-0.39, 0.29) is 23.6 Å². The largest absolute Gasteiger partial charge is 0.493 e. The molecule has 2 bridgehead atoms. The normalized spacial score (nSPS) is 21.8. The molecule has 0 saturated heterocycles. The first-order valence-corrected chi connectivity index (χ1v) is 7.38. The van der Waals surface area contributed by atoms with Gasteiger partial charge in [0.05, 0.1) is 15.7 Å². The molecule has 0 fully saturated rings. The SMILES string of the molecule is Oc1c2c(c(O)n1Nc1ccc(Cl)c(Cl)c1)C1C=CC2C1. The van der Waals surface area contributed by atoms with Crippen LogP contribution in [-0.4, -0.2) is 14.9 Å². The summed E-state index contributed by atoms with van der Waals surface area (Å²) in [5.41, 5.74) is 5.21. The van der Waals surface area contributed by atoms with Crippen LogP contribution in [0.3, 0.4) is 0 Å². The summed E-state index contributed by atoms with van der Waals surface area (Å²) in [7, 11) is 0. The van der Waals surface area contributed by atoms with Crippen molar-refractivity contribution in [2.75, 3.05) is 5.43 Å². The van der Waals surface area contributed by atoms with Crippen molar-refractivity contribution in [3.8, 4) is 11.8 Å². The van der Waals surface area contributed by atoms with Crippen LogP contribution < -0.4 is 5.43 Å². The number of aromatic hydroxyl groups is 2. The average molecular weight is 323 g/mol. The first kappa shape index (κ1) is 12.9. The lowest BCUT2D eigenvalue weighted by Crippen LogP contribution is -2.08. The van der Waals surface area contributed by atoms with Crippen molar-refractivity contribution < 1.29 is 10.2 Å². The van der Waals surface area contributed by atoms with Crippen LogP contribution in [0.4, 0.5) is 5.69 Å². The molecule has 2 aromatic rings. The summed E-state index contributed by atoms with van der Waals surface area (Å²) in [6.45, 7) is 0. The monoisotopic (exact) mass is 322 g/mol. The van der Waals surface area contributed by atoms with Gasteiger partial charge in [0.1, 0.15) is 0 Å². The van der Waals surface area contributed by atoms with Crippen molar-refractivity contribution in [1.29, 1.82) is 0 Å². The molecule has 2 aliphatic rings. The van der Waals surface area contributed by atoms with Crippen LogP contribution in [0.15, 0.2) is 30.4 Å². The van der Waals surface area contributed by atoms with Gasteiger partial charge in [-0.3, -0.25) is 5.43 Å². The summed E-state index contributed by atoms with van der Waals surface area (Å²) in [6, 6.07) is 5.02. The number of allylic oxidation sites excluding steroid dienone is 2. The molecule has 108 valence electrons. The number of nitrogens with one attached hydrogen (secondary N) is 1. The second kappa shape index (κ2) is 4.36. The molecule has 0 saturated carbocycles. The van der Waals surface area contributed by atoms with Crippen LogP contribution in [0.25, 0.3) is 0 Å². The fourth-order valence-corrected chi connectivity index (χ4v) is 3.54. The van der Waals surface area contributed by atoms with Crippen LogP contribution in [0.5, 0.6) is 11.8 Å². The Kier molecular flexibility index (Phi) is 2.68. The zero-order valence-corrected chi connectivity index (χ0v) is 12.4. The first-order chi connectivity index (χ1) is 10.1. The molecule has 2 aliphatic carbocycles. The zero-order valence-electron chi connectivity index (χ0n) is 10.8. The number of fused-ring (bicyclic) bond motifs is 5. The summed E-state index contributed by atoms with van der Waals surface area (Å²) >= 11 is 11.9. The summed E-state index contributed by atoms with van der Waals surface area (Å²) in [4.78, 5) is 0. The van der Waals surface area contributed by atoms with Gasteiger partial charge in [0.2, 0.25) is 11.8 Å². The van der Waals surface area contributed by atoms with Crippen molar-refractivity contribution >= 4 is 28.9 Å². The van der Waals surface area contributed by atoms with E-state index in [9.17, 15) is 10.2 Å². The van der Waals surface area contributed by atoms with Gasteiger partial charge in [-0.15, -0.1) is 0 Å². The summed E-state index contributed by atoms with van der Waals surface area (Å²) in [5, 5.41) is 21.6. The van der Waals surface area contributed by atoms with E-state index in [1.54, 1.807) is 18.2 Å². The summed E-state index contributed by atoms with van der Waals surface area (Å²) < 4.78 is 1.29. The third kappa shape index (κ3) is 1.76. The Hall–Kier alpha value is -1.78. The quantitative estimate of drug-likeness (QED) is 0.725. The minimum absolute atomic E-state index is 0.0467. The Morgan fingerprint density at radius 1 is 1.00 bits per heavy atom. The van der Waals surface area contributed by atoms with E-state index in [2.05, 4.69) is 17.6 Å². The van der Waals surface area contributed by atoms with E-state index in [1.807, 2.05) is 0 Å². The molecule has 1 aromatic heterocycles. The van der Waals surface area contributed by atoms with E-state index in [0.717, 1.165) is 17.5 Å². The zero-order chi connectivity index (χ0) is 14.7. The number of anilines is 1. The van der Waals surface area contributed by atoms with E-state index in [4.69, 9.17) is 23.2 Å². The summed E-state index contributed by atoms with van der Waals surface area (Å²) in [5.74, 6) is 0.469. The van der Waals surface area contributed by atoms with E-state index >= 15 is 0 Å². The highest BCUT2D eigenvalue weighted by Crippen LogP contribution is 2.56. The maximum atomic E-state index is 10.4. The molecule has 1 aromatic carbocycles. The minimum Gasteiger partial charge on any atom is -0.493 e. The van der Waals surface area contributed by atoms with Gasteiger partial charge in [-0.05, 0) is 24.6 Å². The molecular formula is C15H12Cl2N2O2. The molecule has 1 heterocycles. The van der Waals surface area contributed by atoms with Gasteiger partial charge in [0.25, 0.3) is 0 Å². The highest BCUT2D eigenvalue weighted by molar-refractivity contribution is 6.42. The standard InChI is InChI=1S/C15H12Cl2N2O2/c16-10-4-3-9(6-11(10)17)18-19-14(20)12-7-1-2-8(5-7)13(12)15(19)21/h1-4,6-8,18,20-21H,5H2. The highest BCUT2D eigenvalue weighted by atomic mass is 35.5. The van der Waals surface area contributed by atoms with E-state index < -0.39 is 0 Å². The molecule has 2 atom stereocenters. The van der Waals surface area contributed by atoms with E-state index in [1.165, 1.54) is 4.68 Å². The Morgan fingerprint density at radius 2 is 1.62 bits per heavy atom. The second-order valence-electron chi connectivity index (χ2n) is 5.38. The van der Waals surface area contributed by atoms with Gasteiger partial charge in [0, 0.05) is 23.0 Å². The van der Waals surface area contributed by atoms with Crippen LogP contribution >= 0.6 is 23.2 Å². The number of rotatable bonds is 2. The Bertz CT molecular complexity index is 747. The fraction of sp³-hybridized carbons (Fsp3) is 0.200. The number of benzene rings is 1. The second-order valence-corrected chi connectivity index (χ2v) is 6.20. The number of nitrogens with zero attached hydrogens (tertiary/aromatic N) is 1. The third-order valence-electron chi connectivity index (χ3n) is 4.18. The highest BCUT2D eigenvalue weighted by Gasteiger charge is 2.41. The Morgan fingerprint density at radius 3 is 2.19 bits per heavy atom. The molecule has 4 nitrogen and oxygen atoms in total. The molecule has 0 aliphatic heterocycles. The lowest BCUT2D eigenvalue weighted by Gasteiger charge is -2.12. The number of halogens is 2. The predicted molar refractivity (Wildman–Crippen MR) is 82.5 cm³/mol. The van der Waals surface area contributed by atoms with Gasteiger partial charge in [-0.2, -0.15) is 4.68 Å². The van der Waals surface area contributed by atoms with Crippen molar-refractivity contribution in [3.05, 3.63) is 51.5 Å². The van der Waals surface area contributed by atoms with Crippen molar-refractivity contribution in [3.63, 3.8) is 0 Å². The van der Waals surface area contributed by atoms with Crippen LogP contribution in [0, 0.1) is 0 Å². The number of aromatic nitrogens is 1. The number of hydrogen-bond acceptors (Lipinski definition) is 3. The van der Waals surface area contributed by atoms with Gasteiger partial charge >= 0.3 is 0 Å². The smallest absolute Gasteiger partial charge is 0.217 e. The van der Waals surface area contributed by atoms with Crippen LogP contribution in [0.1, 0.15) is 29.4 Å². The van der Waals surface area contributed by atoms with E-state index in [0.29, 0.717) is 15.7 Å². The number of hydrogen-bond donors (Lipinski definition) is 3. The van der Waals surface area contributed by atoms with Crippen LogP contribution in [-0.2, 0) is 0 Å². The van der Waals surface area contributed by atoms with Crippen molar-refractivity contribution in [1.82, 2.24) is 4.68 Å². The molecule has 2 unspecified atom stereocenters. The van der Waals surface area contributed by atoms with Gasteiger partial charge in [-0.25, -0.2) is 0 Å². The molecule has 4 rings (SSSR count). The van der Waals surface area contributed by atoms with Crippen LogP contribution in [0.2, 0.25) is 10.0 Å². The van der Waals surface area contributed by atoms with Crippen molar-refractivity contribution in [2.45, 2.75) is 18.3 Å².